The van der Waals surface area contributed by atoms with Crippen molar-refractivity contribution in [1.82, 2.24) is 0 Å². The second-order valence-corrected chi connectivity index (χ2v) is 16.5. The highest BCUT2D eigenvalue weighted by Crippen LogP contribution is 2.42. The number of rotatable bonds is 11. The van der Waals surface area contributed by atoms with Crippen molar-refractivity contribution in [3.8, 4) is 55.6 Å². The maximum absolute atomic E-state index is 14.0. The highest BCUT2D eigenvalue weighted by Gasteiger charge is 2.18. The molecule has 0 aromatic heterocycles. The van der Waals surface area contributed by atoms with Gasteiger partial charge in [-0.25, -0.2) is 4.39 Å². The smallest absolute Gasteiger partial charge is 0.123 e. The number of hydrogen-bond donors (Lipinski definition) is 0. The van der Waals surface area contributed by atoms with Crippen molar-refractivity contribution in [2.45, 2.75) is 13.8 Å². The Morgan fingerprint density at radius 1 is 0.262 bits per heavy atom. The fourth-order valence-electron chi connectivity index (χ4n) is 8.63. The van der Waals surface area contributed by atoms with E-state index in [1.165, 1.54) is 28.3 Å². The Morgan fingerprint density at radius 3 is 1.05 bits per heavy atom. The maximum atomic E-state index is 14.0. The molecule has 0 atom stereocenters. The standard InChI is InChI=1S/C62H47FN2/c1-44-21-31-56(32-22-44)64(58-37-27-48(28-38-58)54-17-10-18-55(63)43-54)57-35-25-46(26-36-57)50-13-8-15-52(41-50)53-16-9-14-51(42-53)47-29-39-60(40-30-47)65(59-33-23-45(2)24-34-59)62-20-7-6-19-61(62)49-11-4-3-5-12-49/h3-43H,1-2H3. The lowest BCUT2D eigenvalue weighted by molar-refractivity contribution is 0.628. The van der Waals surface area contributed by atoms with Crippen molar-refractivity contribution in [3.05, 3.63) is 266 Å². The Bertz CT molecular complexity index is 3190. The summed E-state index contributed by atoms with van der Waals surface area (Å²) in [6.07, 6.45) is 0. The average Bonchev–Trinajstić information content (AvgIpc) is 3.36. The Hall–Kier alpha value is -8.27. The van der Waals surface area contributed by atoms with E-state index in [1.54, 1.807) is 12.1 Å². The van der Waals surface area contributed by atoms with E-state index in [0.717, 1.165) is 78.6 Å². The molecule has 0 spiro atoms. The summed E-state index contributed by atoms with van der Waals surface area (Å²) in [6.45, 7) is 4.23. The van der Waals surface area contributed by atoms with Crippen LogP contribution < -0.4 is 9.80 Å². The predicted octanol–water partition coefficient (Wildman–Crippen LogP) is 17.7. The van der Waals surface area contributed by atoms with Crippen molar-refractivity contribution < 1.29 is 4.39 Å². The Kier molecular flexibility index (Phi) is 11.4. The van der Waals surface area contributed by atoms with Gasteiger partial charge in [0, 0.05) is 34.0 Å². The lowest BCUT2D eigenvalue weighted by Gasteiger charge is -2.28. The molecule has 0 radical (unpaired) electrons. The number of benzene rings is 10. The number of nitrogens with zero attached hydrogens (tertiary/aromatic N) is 2. The van der Waals surface area contributed by atoms with E-state index < -0.39 is 0 Å². The van der Waals surface area contributed by atoms with Crippen LogP contribution in [0.25, 0.3) is 55.6 Å². The molecule has 2 nitrogen and oxygen atoms in total. The molecule has 0 saturated heterocycles. The normalized spacial score (nSPS) is 11.0. The maximum Gasteiger partial charge on any atom is 0.123 e. The summed E-state index contributed by atoms with van der Waals surface area (Å²) in [5.41, 5.74) is 20.0. The molecule has 0 N–H and O–H groups in total. The highest BCUT2D eigenvalue weighted by atomic mass is 19.1. The van der Waals surface area contributed by atoms with E-state index in [0.29, 0.717) is 0 Å². The zero-order chi connectivity index (χ0) is 44.1. The monoisotopic (exact) mass is 838 g/mol. The van der Waals surface area contributed by atoms with Crippen LogP contribution in [0.15, 0.2) is 249 Å². The molecule has 0 fully saturated rings. The summed E-state index contributed by atoms with van der Waals surface area (Å²) < 4.78 is 14.0. The van der Waals surface area contributed by atoms with Crippen molar-refractivity contribution in [1.29, 1.82) is 0 Å². The molecular weight excluding hydrogens is 792 g/mol. The van der Waals surface area contributed by atoms with Gasteiger partial charge in [-0.2, -0.15) is 0 Å². The molecule has 0 aliphatic heterocycles. The first-order valence-electron chi connectivity index (χ1n) is 22.1. The van der Waals surface area contributed by atoms with Crippen molar-refractivity contribution >= 4 is 34.1 Å². The summed E-state index contributed by atoms with van der Waals surface area (Å²) in [7, 11) is 0. The minimum Gasteiger partial charge on any atom is -0.311 e. The van der Waals surface area contributed by atoms with E-state index in [-0.39, 0.29) is 5.82 Å². The van der Waals surface area contributed by atoms with E-state index in [1.807, 2.05) is 6.07 Å². The Balaban J connectivity index is 0.923. The number of aryl methyl sites for hydroxylation is 2. The van der Waals surface area contributed by atoms with Gasteiger partial charge in [-0.3, -0.25) is 0 Å². The molecule has 0 saturated carbocycles. The molecule has 0 unspecified atom stereocenters. The molecule has 0 bridgehead atoms. The summed E-state index contributed by atoms with van der Waals surface area (Å²) in [4.78, 5) is 4.62. The summed E-state index contributed by atoms with van der Waals surface area (Å²) in [6, 6.07) is 87.0. The van der Waals surface area contributed by atoms with Gasteiger partial charge < -0.3 is 9.80 Å². The predicted molar refractivity (Wildman–Crippen MR) is 272 cm³/mol. The van der Waals surface area contributed by atoms with Gasteiger partial charge in [-0.15, -0.1) is 0 Å². The molecule has 10 rings (SSSR count). The SMILES string of the molecule is Cc1ccc(N(c2ccc(-c3cccc(F)c3)cc2)c2ccc(-c3cccc(-c4cccc(-c5ccc(N(c6ccc(C)cc6)c6ccccc6-c6ccccc6)cc5)c4)c3)cc2)cc1. The second-order valence-electron chi connectivity index (χ2n) is 16.5. The Morgan fingerprint density at radius 2 is 0.600 bits per heavy atom. The van der Waals surface area contributed by atoms with Crippen LogP contribution in [0.5, 0.6) is 0 Å². The highest BCUT2D eigenvalue weighted by molar-refractivity contribution is 5.89. The summed E-state index contributed by atoms with van der Waals surface area (Å²) in [5.74, 6) is -0.239. The van der Waals surface area contributed by atoms with Crippen LogP contribution in [-0.2, 0) is 0 Å². The fraction of sp³-hybridized carbons (Fsp3) is 0.0323. The van der Waals surface area contributed by atoms with Crippen LogP contribution in [0.4, 0.5) is 38.5 Å². The lowest BCUT2D eigenvalue weighted by Crippen LogP contribution is -2.11. The summed E-state index contributed by atoms with van der Waals surface area (Å²) >= 11 is 0. The molecule has 10 aromatic carbocycles. The van der Waals surface area contributed by atoms with Gasteiger partial charge >= 0.3 is 0 Å². The largest absolute Gasteiger partial charge is 0.311 e. The van der Waals surface area contributed by atoms with Gasteiger partial charge in [0.05, 0.1) is 5.69 Å². The second kappa shape index (κ2) is 18.2. The third-order valence-corrected chi connectivity index (χ3v) is 12.1. The molecule has 10 aromatic rings. The first-order valence-corrected chi connectivity index (χ1v) is 22.1. The zero-order valence-electron chi connectivity index (χ0n) is 36.4. The average molecular weight is 839 g/mol. The van der Waals surface area contributed by atoms with Crippen LogP contribution in [0.2, 0.25) is 0 Å². The number of hydrogen-bond acceptors (Lipinski definition) is 2. The molecule has 312 valence electrons. The molecule has 0 heterocycles. The lowest BCUT2D eigenvalue weighted by atomic mass is 9.96. The van der Waals surface area contributed by atoms with Crippen LogP contribution in [0, 0.1) is 19.7 Å². The van der Waals surface area contributed by atoms with Gasteiger partial charge in [-0.05, 0) is 155 Å². The molecule has 65 heavy (non-hydrogen) atoms. The number of para-hydroxylation sites is 1. The fourth-order valence-corrected chi connectivity index (χ4v) is 8.63. The van der Waals surface area contributed by atoms with Gasteiger partial charge in [-0.1, -0.05) is 169 Å². The van der Waals surface area contributed by atoms with E-state index in [4.69, 9.17) is 0 Å². The first-order chi connectivity index (χ1) is 31.9. The topological polar surface area (TPSA) is 6.48 Å². The van der Waals surface area contributed by atoms with Crippen molar-refractivity contribution in [3.63, 3.8) is 0 Å². The minimum absolute atomic E-state index is 0.239. The van der Waals surface area contributed by atoms with Gasteiger partial charge in [0.1, 0.15) is 5.82 Å². The first kappa shape index (κ1) is 40.8. The van der Waals surface area contributed by atoms with E-state index in [2.05, 4.69) is 248 Å². The third-order valence-electron chi connectivity index (χ3n) is 12.1. The molecular formula is C62H47FN2. The van der Waals surface area contributed by atoms with Crippen LogP contribution in [0.1, 0.15) is 11.1 Å². The van der Waals surface area contributed by atoms with Crippen molar-refractivity contribution in [2.75, 3.05) is 9.80 Å². The molecule has 0 aliphatic rings. The van der Waals surface area contributed by atoms with E-state index in [9.17, 15) is 4.39 Å². The van der Waals surface area contributed by atoms with Crippen molar-refractivity contribution in [2.24, 2.45) is 0 Å². The Labute approximate surface area is 381 Å². The quantitative estimate of drug-likeness (QED) is 0.128. The number of halogens is 1. The van der Waals surface area contributed by atoms with Crippen LogP contribution in [0.3, 0.4) is 0 Å². The minimum atomic E-state index is -0.239. The van der Waals surface area contributed by atoms with Gasteiger partial charge in [0.15, 0.2) is 0 Å². The zero-order valence-corrected chi connectivity index (χ0v) is 36.4. The van der Waals surface area contributed by atoms with Gasteiger partial charge in [0.25, 0.3) is 0 Å². The third kappa shape index (κ3) is 8.86. The summed E-state index contributed by atoms with van der Waals surface area (Å²) in [5, 5.41) is 0. The molecule has 0 aliphatic carbocycles. The van der Waals surface area contributed by atoms with Crippen LogP contribution in [-0.4, -0.2) is 0 Å². The molecule has 3 heteroatoms. The van der Waals surface area contributed by atoms with Crippen LogP contribution >= 0.6 is 0 Å². The van der Waals surface area contributed by atoms with Gasteiger partial charge in [0.2, 0.25) is 0 Å². The number of anilines is 6. The molecule has 0 amide bonds. The van der Waals surface area contributed by atoms with E-state index >= 15 is 0 Å².